The minimum Gasteiger partial charge on any atom is -0.335 e. The SMILES string of the molecule is Cc1cc(C(=O)N(C)Cc2nc3ccccc3s2)ccc1-n1cnnn1. The average Bonchev–Trinajstić information content (AvgIpc) is 3.30. The maximum absolute atomic E-state index is 12.8. The molecule has 0 aliphatic carbocycles. The van der Waals surface area contributed by atoms with Gasteiger partial charge in [0.05, 0.1) is 22.4 Å². The molecule has 0 atom stereocenters. The Morgan fingerprint density at radius 3 is 2.81 bits per heavy atom. The first-order valence-corrected chi connectivity index (χ1v) is 8.87. The molecular weight excluding hydrogens is 348 g/mol. The molecule has 130 valence electrons. The second kappa shape index (κ2) is 6.64. The third-order valence-electron chi connectivity index (χ3n) is 4.10. The number of para-hydroxylation sites is 1. The van der Waals surface area contributed by atoms with E-state index in [9.17, 15) is 4.79 Å². The highest BCUT2D eigenvalue weighted by atomic mass is 32.1. The summed E-state index contributed by atoms with van der Waals surface area (Å²) in [5.74, 6) is -0.0457. The van der Waals surface area contributed by atoms with Crippen LogP contribution in [0.4, 0.5) is 0 Å². The fourth-order valence-corrected chi connectivity index (χ4v) is 3.82. The molecular formula is C18H16N6OS. The first-order valence-electron chi connectivity index (χ1n) is 8.06. The van der Waals surface area contributed by atoms with Gasteiger partial charge in [0, 0.05) is 12.6 Å². The van der Waals surface area contributed by atoms with Gasteiger partial charge in [0.15, 0.2) is 0 Å². The Morgan fingerprint density at radius 2 is 2.08 bits per heavy atom. The van der Waals surface area contributed by atoms with Crippen LogP contribution < -0.4 is 0 Å². The Kier molecular flexibility index (Phi) is 4.18. The molecule has 0 aliphatic rings. The first-order chi connectivity index (χ1) is 12.6. The largest absolute Gasteiger partial charge is 0.335 e. The third-order valence-corrected chi connectivity index (χ3v) is 5.12. The Hall–Kier alpha value is -3.13. The first kappa shape index (κ1) is 16.3. The summed E-state index contributed by atoms with van der Waals surface area (Å²) in [7, 11) is 1.79. The standard InChI is InChI=1S/C18H16N6OS/c1-12-9-13(7-8-15(12)24-11-19-21-22-24)18(25)23(2)10-17-20-14-5-3-4-6-16(14)26-17/h3-9,11H,10H2,1-2H3. The smallest absolute Gasteiger partial charge is 0.253 e. The van der Waals surface area contributed by atoms with E-state index in [1.807, 2.05) is 43.3 Å². The Labute approximate surface area is 153 Å². The van der Waals surface area contributed by atoms with Gasteiger partial charge in [-0.1, -0.05) is 12.1 Å². The summed E-state index contributed by atoms with van der Waals surface area (Å²) in [6, 6.07) is 13.5. The van der Waals surface area contributed by atoms with Gasteiger partial charge in [0.25, 0.3) is 5.91 Å². The van der Waals surface area contributed by atoms with Crippen LogP contribution in [-0.2, 0) is 6.54 Å². The highest BCUT2D eigenvalue weighted by Gasteiger charge is 2.15. The molecule has 1 amide bonds. The summed E-state index contributed by atoms with van der Waals surface area (Å²) in [5.41, 5.74) is 3.37. The molecule has 0 saturated heterocycles. The summed E-state index contributed by atoms with van der Waals surface area (Å²) in [5, 5.41) is 12.1. The van der Waals surface area contributed by atoms with Gasteiger partial charge in [-0.25, -0.2) is 9.67 Å². The number of hydrogen-bond acceptors (Lipinski definition) is 6. The number of benzene rings is 2. The summed E-state index contributed by atoms with van der Waals surface area (Å²) in [6.45, 7) is 2.41. The quantitative estimate of drug-likeness (QED) is 0.556. The van der Waals surface area contributed by atoms with E-state index in [-0.39, 0.29) is 5.91 Å². The van der Waals surface area contributed by atoms with E-state index in [0.29, 0.717) is 12.1 Å². The van der Waals surface area contributed by atoms with Gasteiger partial charge < -0.3 is 4.90 Å². The fourth-order valence-electron chi connectivity index (χ4n) is 2.80. The van der Waals surface area contributed by atoms with Crippen molar-refractivity contribution in [2.45, 2.75) is 13.5 Å². The molecule has 0 radical (unpaired) electrons. The Bertz CT molecular complexity index is 1040. The molecule has 0 spiro atoms. The number of aryl methyl sites for hydroxylation is 1. The maximum atomic E-state index is 12.8. The van der Waals surface area contributed by atoms with Crippen LogP contribution in [0.3, 0.4) is 0 Å². The van der Waals surface area contributed by atoms with Crippen LogP contribution in [0.1, 0.15) is 20.9 Å². The van der Waals surface area contributed by atoms with Crippen molar-refractivity contribution in [3.63, 3.8) is 0 Å². The molecule has 0 aliphatic heterocycles. The van der Waals surface area contributed by atoms with Crippen LogP contribution in [0.15, 0.2) is 48.8 Å². The number of carbonyl (C=O) groups excluding carboxylic acids is 1. The van der Waals surface area contributed by atoms with Crippen molar-refractivity contribution in [1.82, 2.24) is 30.1 Å². The minimum atomic E-state index is -0.0457. The van der Waals surface area contributed by atoms with Gasteiger partial charge in [0.2, 0.25) is 0 Å². The van der Waals surface area contributed by atoms with E-state index < -0.39 is 0 Å². The van der Waals surface area contributed by atoms with Crippen LogP contribution in [-0.4, -0.2) is 43.0 Å². The van der Waals surface area contributed by atoms with E-state index in [1.54, 1.807) is 34.0 Å². The second-order valence-corrected chi connectivity index (χ2v) is 7.11. The van der Waals surface area contributed by atoms with Gasteiger partial charge >= 0.3 is 0 Å². The number of amides is 1. The predicted molar refractivity (Wildman–Crippen MR) is 99.3 cm³/mol. The van der Waals surface area contributed by atoms with E-state index in [4.69, 9.17) is 0 Å². The molecule has 2 aromatic heterocycles. The number of nitrogens with zero attached hydrogens (tertiary/aromatic N) is 6. The van der Waals surface area contributed by atoms with Crippen LogP contribution in [0.2, 0.25) is 0 Å². The lowest BCUT2D eigenvalue weighted by molar-refractivity contribution is 0.0785. The van der Waals surface area contributed by atoms with Crippen molar-refractivity contribution in [3.05, 3.63) is 64.9 Å². The lowest BCUT2D eigenvalue weighted by Crippen LogP contribution is -2.26. The molecule has 4 aromatic rings. The van der Waals surface area contributed by atoms with E-state index >= 15 is 0 Å². The Morgan fingerprint density at radius 1 is 1.23 bits per heavy atom. The number of thiazole rings is 1. The van der Waals surface area contributed by atoms with Gasteiger partial charge in [0.1, 0.15) is 11.3 Å². The zero-order valence-electron chi connectivity index (χ0n) is 14.3. The lowest BCUT2D eigenvalue weighted by atomic mass is 10.1. The molecule has 26 heavy (non-hydrogen) atoms. The summed E-state index contributed by atoms with van der Waals surface area (Å²) in [4.78, 5) is 19.0. The molecule has 2 aromatic carbocycles. The van der Waals surface area contributed by atoms with Crippen molar-refractivity contribution in [3.8, 4) is 5.69 Å². The van der Waals surface area contributed by atoms with Crippen molar-refractivity contribution in [2.24, 2.45) is 0 Å². The molecule has 0 fully saturated rings. The minimum absolute atomic E-state index is 0.0457. The van der Waals surface area contributed by atoms with E-state index in [0.717, 1.165) is 26.5 Å². The van der Waals surface area contributed by atoms with Crippen LogP contribution >= 0.6 is 11.3 Å². The van der Waals surface area contributed by atoms with Crippen molar-refractivity contribution >= 4 is 27.5 Å². The molecule has 0 N–H and O–H groups in total. The zero-order valence-corrected chi connectivity index (χ0v) is 15.1. The Balaban J connectivity index is 1.54. The average molecular weight is 364 g/mol. The van der Waals surface area contributed by atoms with E-state index in [1.165, 1.54) is 6.33 Å². The molecule has 7 nitrogen and oxygen atoms in total. The second-order valence-electron chi connectivity index (χ2n) is 5.99. The van der Waals surface area contributed by atoms with Gasteiger partial charge in [-0.15, -0.1) is 16.4 Å². The lowest BCUT2D eigenvalue weighted by Gasteiger charge is -2.16. The van der Waals surface area contributed by atoms with Crippen molar-refractivity contribution < 1.29 is 4.79 Å². The summed E-state index contributed by atoms with van der Waals surface area (Å²) >= 11 is 1.61. The number of fused-ring (bicyclic) bond motifs is 1. The highest BCUT2D eigenvalue weighted by Crippen LogP contribution is 2.23. The summed E-state index contributed by atoms with van der Waals surface area (Å²) < 4.78 is 2.71. The van der Waals surface area contributed by atoms with E-state index in [2.05, 4.69) is 20.5 Å². The number of aromatic nitrogens is 5. The summed E-state index contributed by atoms with van der Waals surface area (Å²) in [6.07, 6.45) is 1.53. The zero-order chi connectivity index (χ0) is 18.1. The molecule has 0 saturated carbocycles. The van der Waals surface area contributed by atoms with Crippen LogP contribution in [0, 0.1) is 6.92 Å². The molecule has 4 rings (SSSR count). The molecule has 0 unspecified atom stereocenters. The van der Waals surface area contributed by atoms with Gasteiger partial charge in [-0.3, -0.25) is 4.79 Å². The third kappa shape index (κ3) is 3.06. The predicted octanol–water partition coefficient (Wildman–Crippen LogP) is 2.85. The molecule has 2 heterocycles. The highest BCUT2D eigenvalue weighted by molar-refractivity contribution is 7.18. The number of tetrazole rings is 1. The fraction of sp³-hybridized carbons (Fsp3) is 0.167. The molecule has 0 bridgehead atoms. The molecule has 8 heteroatoms. The number of rotatable bonds is 4. The monoisotopic (exact) mass is 364 g/mol. The topological polar surface area (TPSA) is 76.8 Å². The maximum Gasteiger partial charge on any atom is 0.253 e. The van der Waals surface area contributed by atoms with Crippen LogP contribution in [0.5, 0.6) is 0 Å². The van der Waals surface area contributed by atoms with Gasteiger partial charge in [-0.05, 0) is 53.2 Å². The number of carbonyl (C=O) groups is 1. The normalized spacial score (nSPS) is 11.0. The van der Waals surface area contributed by atoms with Crippen molar-refractivity contribution in [2.75, 3.05) is 7.05 Å². The van der Waals surface area contributed by atoms with Crippen LogP contribution in [0.25, 0.3) is 15.9 Å². The number of hydrogen-bond donors (Lipinski definition) is 0. The van der Waals surface area contributed by atoms with Crippen molar-refractivity contribution in [1.29, 1.82) is 0 Å². The van der Waals surface area contributed by atoms with Gasteiger partial charge in [-0.2, -0.15) is 0 Å².